The van der Waals surface area contributed by atoms with E-state index in [1.807, 2.05) is 0 Å². The van der Waals surface area contributed by atoms with E-state index < -0.39 is 5.97 Å². The summed E-state index contributed by atoms with van der Waals surface area (Å²) >= 11 is 0. The zero-order chi connectivity index (χ0) is 19.6. The van der Waals surface area contributed by atoms with E-state index in [1.54, 1.807) is 42.5 Å². The zero-order valence-corrected chi connectivity index (χ0v) is 15.2. The first kappa shape index (κ1) is 19.8. The molecule has 0 bridgehead atoms. The van der Waals surface area contributed by atoms with Gasteiger partial charge in [-0.25, -0.2) is 10.2 Å². The molecule has 0 heterocycles. The summed E-state index contributed by atoms with van der Waals surface area (Å²) in [6, 6.07) is 11.7. The number of carbonyl (C=O) groups excluding carboxylic acids is 2. The van der Waals surface area contributed by atoms with E-state index in [9.17, 15) is 9.59 Å². The molecule has 2 aromatic rings. The van der Waals surface area contributed by atoms with Crippen molar-refractivity contribution in [3.05, 3.63) is 53.6 Å². The lowest BCUT2D eigenvalue weighted by Crippen LogP contribution is -2.17. The van der Waals surface area contributed by atoms with Crippen LogP contribution in [0.2, 0.25) is 0 Å². The van der Waals surface area contributed by atoms with Crippen molar-refractivity contribution in [3.8, 4) is 17.2 Å². The van der Waals surface area contributed by atoms with Gasteiger partial charge in [0.2, 0.25) is 0 Å². The van der Waals surface area contributed by atoms with Crippen molar-refractivity contribution >= 4 is 18.1 Å². The second kappa shape index (κ2) is 9.81. The molecule has 0 spiro atoms. The second-order valence-corrected chi connectivity index (χ2v) is 5.20. The summed E-state index contributed by atoms with van der Waals surface area (Å²) in [5.41, 5.74) is 3.57. The van der Waals surface area contributed by atoms with Gasteiger partial charge < -0.3 is 18.9 Å². The summed E-state index contributed by atoms with van der Waals surface area (Å²) in [4.78, 5) is 23.2. The lowest BCUT2D eigenvalue weighted by atomic mass is 10.2. The predicted molar refractivity (Wildman–Crippen MR) is 98.6 cm³/mol. The maximum absolute atomic E-state index is 12.1. The zero-order valence-electron chi connectivity index (χ0n) is 15.2. The van der Waals surface area contributed by atoms with Crippen molar-refractivity contribution < 1.29 is 28.5 Å². The number of hydrazone groups is 1. The number of carbonyl (C=O) groups is 2. The summed E-state index contributed by atoms with van der Waals surface area (Å²) in [7, 11) is 4.31. The summed E-state index contributed by atoms with van der Waals surface area (Å²) in [5.74, 6) is 0.666. The third kappa shape index (κ3) is 5.74. The number of ether oxygens (including phenoxy) is 4. The van der Waals surface area contributed by atoms with Gasteiger partial charge in [0.25, 0.3) is 5.91 Å². The highest BCUT2D eigenvalue weighted by Gasteiger charge is 2.10. The van der Waals surface area contributed by atoms with Crippen LogP contribution in [-0.4, -0.2) is 46.0 Å². The van der Waals surface area contributed by atoms with E-state index in [2.05, 4.69) is 15.3 Å². The van der Waals surface area contributed by atoms with Crippen LogP contribution in [0.1, 0.15) is 15.9 Å². The van der Waals surface area contributed by atoms with Crippen LogP contribution in [0, 0.1) is 0 Å². The van der Waals surface area contributed by atoms with Gasteiger partial charge >= 0.3 is 5.97 Å². The molecule has 0 aliphatic carbocycles. The lowest BCUT2D eigenvalue weighted by Gasteiger charge is -2.08. The second-order valence-electron chi connectivity index (χ2n) is 5.20. The minimum absolute atomic E-state index is 0.161. The Balaban J connectivity index is 1.93. The SMILES string of the molecule is COC(=O)COc1ccc(/C=N/NC(=O)c2ccc(OC)c(OC)c2)cc1. The summed E-state index contributed by atoms with van der Waals surface area (Å²) < 4.78 is 20.0. The number of nitrogens with one attached hydrogen (secondary N) is 1. The fourth-order valence-electron chi connectivity index (χ4n) is 2.06. The predicted octanol–water partition coefficient (Wildman–Crippen LogP) is 2.02. The largest absolute Gasteiger partial charge is 0.493 e. The van der Waals surface area contributed by atoms with Crippen LogP contribution in [0.15, 0.2) is 47.6 Å². The van der Waals surface area contributed by atoms with Crippen LogP contribution in [0.4, 0.5) is 0 Å². The third-order valence-corrected chi connectivity index (χ3v) is 3.49. The summed E-state index contributed by atoms with van der Waals surface area (Å²) in [6.45, 7) is -0.161. The molecule has 0 radical (unpaired) electrons. The lowest BCUT2D eigenvalue weighted by molar-refractivity contribution is -0.142. The molecular weight excluding hydrogens is 352 g/mol. The molecule has 1 amide bonds. The van der Waals surface area contributed by atoms with Crippen molar-refractivity contribution in [1.82, 2.24) is 5.43 Å². The van der Waals surface area contributed by atoms with Crippen LogP contribution in [0.25, 0.3) is 0 Å². The van der Waals surface area contributed by atoms with Crippen molar-refractivity contribution in [3.63, 3.8) is 0 Å². The highest BCUT2D eigenvalue weighted by atomic mass is 16.6. The molecule has 0 aliphatic rings. The third-order valence-electron chi connectivity index (χ3n) is 3.49. The van der Waals surface area contributed by atoms with Gasteiger partial charge in [-0.3, -0.25) is 4.79 Å². The average Bonchev–Trinajstić information content (AvgIpc) is 2.72. The average molecular weight is 372 g/mol. The van der Waals surface area contributed by atoms with Gasteiger partial charge in [-0.2, -0.15) is 5.10 Å². The van der Waals surface area contributed by atoms with Gasteiger partial charge in [0.15, 0.2) is 18.1 Å². The molecule has 142 valence electrons. The molecule has 0 atom stereocenters. The minimum Gasteiger partial charge on any atom is -0.493 e. The topological polar surface area (TPSA) is 95.5 Å². The van der Waals surface area contributed by atoms with E-state index >= 15 is 0 Å². The maximum Gasteiger partial charge on any atom is 0.343 e. The molecule has 0 saturated carbocycles. The molecular formula is C19H20N2O6. The highest BCUT2D eigenvalue weighted by Crippen LogP contribution is 2.27. The highest BCUT2D eigenvalue weighted by molar-refractivity contribution is 5.95. The molecule has 0 unspecified atom stereocenters. The Bertz CT molecular complexity index is 817. The van der Waals surface area contributed by atoms with Gasteiger partial charge in [-0.1, -0.05) is 0 Å². The van der Waals surface area contributed by atoms with E-state index in [4.69, 9.17) is 14.2 Å². The van der Waals surface area contributed by atoms with E-state index in [1.165, 1.54) is 27.5 Å². The number of rotatable bonds is 8. The fraction of sp³-hybridized carbons (Fsp3) is 0.211. The summed E-state index contributed by atoms with van der Waals surface area (Å²) in [6.07, 6.45) is 1.49. The van der Waals surface area contributed by atoms with Gasteiger partial charge in [-0.15, -0.1) is 0 Å². The summed E-state index contributed by atoms with van der Waals surface area (Å²) in [5, 5.41) is 3.92. The number of nitrogens with zero attached hydrogens (tertiary/aromatic N) is 1. The number of hydrogen-bond donors (Lipinski definition) is 1. The molecule has 2 rings (SSSR count). The van der Waals surface area contributed by atoms with Crippen molar-refractivity contribution in [2.24, 2.45) is 5.10 Å². The quantitative estimate of drug-likeness (QED) is 0.433. The standard InChI is InChI=1S/C19H20N2O6/c1-24-16-9-6-14(10-17(16)25-2)19(23)21-20-11-13-4-7-15(8-5-13)27-12-18(22)26-3/h4-11H,12H2,1-3H3,(H,21,23)/b20-11+. The van der Waals surface area contributed by atoms with Crippen LogP contribution >= 0.6 is 0 Å². The normalized spacial score (nSPS) is 10.3. The molecule has 2 aromatic carbocycles. The van der Waals surface area contributed by atoms with Gasteiger partial charge in [-0.05, 0) is 48.0 Å². The Labute approximate surface area is 156 Å². The van der Waals surface area contributed by atoms with Crippen LogP contribution in [-0.2, 0) is 9.53 Å². The van der Waals surface area contributed by atoms with E-state index in [0.29, 0.717) is 22.8 Å². The van der Waals surface area contributed by atoms with Crippen molar-refractivity contribution in [1.29, 1.82) is 0 Å². The smallest absolute Gasteiger partial charge is 0.343 e. The van der Waals surface area contributed by atoms with Gasteiger partial charge in [0.05, 0.1) is 27.5 Å². The molecule has 0 fully saturated rings. The molecule has 0 aromatic heterocycles. The van der Waals surface area contributed by atoms with E-state index in [-0.39, 0.29) is 12.5 Å². The van der Waals surface area contributed by atoms with Crippen LogP contribution in [0.3, 0.4) is 0 Å². The Morgan fingerprint density at radius 2 is 1.70 bits per heavy atom. The Morgan fingerprint density at radius 3 is 2.33 bits per heavy atom. The maximum atomic E-state index is 12.1. The molecule has 8 nitrogen and oxygen atoms in total. The molecule has 0 saturated heterocycles. The van der Waals surface area contributed by atoms with Crippen molar-refractivity contribution in [2.45, 2.75) is 0 Å². The molecule has 8 heteroatoms. The monoisotopic (exact) mass is 372 g/mol. The van der Waals surface area contributed by atoms with Crippen LogP contribution in [0.5, 0.6) is 17.2 Å². The first-order chi connectivity index (χ1) is 13.1. The number of methoxy groups -OCH3 is 3. The Morgan fingerprint density at radius 1 is 1.00 bits per heavy atom. The number of amides is 1. The fourth-order valence-corrected chi connectivity index (χ4v) is 2.06. The molecule has 0 aliphatic heterocycles. The van der Waals surface area contributed by atoms with Gasteiger partial charge in [0.1, 0.15) is 5.75 Å². The Kier molecular flexibility index (Phi) is 7.18. The number of esters is 1. The number of hydrogen-bond acceptors (Lipinski definition) is 7. The Hall–Kier alpha value is -3.55. The molecule has 27 heavy (non-hydrogen) atoms. The van der Waals surface area contributed by atoms with Crippen LogP contribution < -0.4 is 19.6 Å². The number of benzene rings is 2. The van der Waals surface area contributed by atoms with Gasteiger partial charge in [0, 0.05) is 5.56 Å². The van der Waals surface area contributed by atoms with Crippen molar-refractivity contribution in [2.75, 3.05) is 27.9 Å². The first-order valence-corrected chi connectivity index (χ1v) is 7.92. The molecule has 1 N–H and O–H groups in total. The minimum atomic E-state index is -0.460. The van der Waals surface area contributed by atoms with E-state index in [0.717, 1.165) is 5.56 Å². The first-order valence-electron chi connectivity index (χ1n) is 7.92.